The van der Waals surface area contributed by atoms with E-state index in [2.05, 4.69) is 0 Å². The van der Waals surface area contributed by atoms with Crippen molar-refractivity contribution in [2.45, 2.75) is 19.1 Å². The molecule has 0 saturated carbocycles. The largest absolute Gasteiger partial charge is 0.493 e. The number of carbonyl (C=O) groups excluding carboxylic acids is 1. The molecule has 1 unspecified atom stereocenters. The minimum atomic E-state index is 0.0411. The van der Waals surface area contributed by atoms with E-state index in [0.29, 0.717) is 23.7 Å². The fraction of sp³-hybridized carbons (Fsp3) is 0.462. The van der Waals surface area contributed by atoms with Gasteiger partial charge in [0.15, 0.2) is 5.78 Å². The summed E-state index contributed by atoms with van der Waals surface area (Å²) in [6, 6.07) is 7.26. The van der Waals surface area contributed by atoms with Crippen molar-refractivity contribution in [3.8, 4) is 5.75 Å². The molecule has 0 heterocycles. The summed E-state index contributed by atoms with van der Waals surface area (Å²) >= 11 is 1.45. The Balaban J connectivity index is 2.67. The van der Waals surface area contributed by atoms with Gasteiger partial charge in [-0.25, -0.2) is 0 Å². The number of thioether (sulfide) groups is 1. The topological polar surface area (TPSA) is 46.5 Å². The van der Waals surface area contributed by atoms with Crippen molar-refractivity contribution in [2.75, 3.05) is 19.0 Å². The van der Waals surface area contributed by atoms with Gasteiger partial charge in [-0.2, -0.15) is 0 Å². The van der Waals surface area contributed by atoms with E-state index in [9.17, 15) is 4.79 Å². The first-order valence-electron chi connectivity index (χ1n) is 5.66. The number of rotatable bonds is 7. The molecular weight excluding hydrogens is 236 g/mol. The van der Waals surface area contributed by atoms with Crippen LogP contribution in [-0.4, -0.2) is 35.1 Å². The van der Waals surface area contributed by atoms with Crippen LogP contribution in [0.25, 0.3) is 0 Å². The second kappa shape index (κ2) is 7.35. The molecule has 0 aromatic heterocycles. The average Bonchev–Trinajstić information content (AvgIpc) is 2.36. The monoisotopic (exact) mass is 254 g/mol. The zero-order valence-electron chi connectivity index (χ0n) is 10.2. The van der Waals surface area contributed by atoms with Gasteiger partial charge >= 0.3 is 0 Å². The SMILES string of the molecule is CCOc1ccccc1C(=O)CSC(C)CO. The Morgan fingerprint density at radius 1 is 1.47 bits per heavy atom. The fourth-order valence-corrected chi connectivity index (χ4v) is 2.02. The first kappa shape index (κ1) is 14.1. The molecule has 1 aromatic carbocycles. The summed E-state index contributed by atoms with van der Waals surface area (Å²) in [5.41, 5.74) is 0.618. The van der Waals surface area contributed by atoms with Gasteiger partial charge in [-0.3, -0.25) is 4.79 Å². The first-order chi connectivity index (χ1) is 8.19. The molecule has 0 saturated heterocycles. The molecule has 3 nitrogen and oxygen atoms in total. The Bertz CT molecular complexity index is 365. The van der Waals surface area contributed by atoms with Crippen LogP contribution in [0.5, 0.6) is 5.75 Å². The van der Waals surface area contributed by atoms with E-state index in [0.717, 1.165) is 0 Å². The molecule has 0 spiro atoms. The van der Waals surface area contributed by atoms with Crippen molar-refractivity contribution in [2.24, 2.45) is 0 Å². The maximum absolute atomic E-state index is 12.0. The molecule has 0 bridgehead atoms. The predicted molar refractivity (Wildman–Crippen MR) is 70.9 cm³/mol. The molecule has 1 atom stereocenters. The highest BCUT2D eigenvalue weighted by molar-refractivity contribution is 8.00. The Morgan fingerprint density at radius 3 is 2.82 bits per heavy atom. The zero-order chi connectivity index (χ0) is 12.7. The van der Waals surface area contributed by atoms with Crippen molar-refractivity contribution in [1.29, 1.82) is 0 Å². The lowest BCUT2D eigenvalue weighted by Crippen LogP contribution is -2.10. The molecule has 17 heavy (non-hydrogen) atoms. The van der Waals surface area contributed by atoms with Crippen LogP contribution in [0.15, 0.2) is 24.3 Å². The number of carbonyl (C=O) groups is 1. The molecule has 94 valence electrons. The molecule has 0 radical (unpaired) electrons. The van der Waals surface area contributed by atoms with Gasteiger partial charge in [0.2, 0.25) is 0 Å². The summed E-state index contributed by atoms with van der Waals surface area (Å²) in [6.45, 7) is 4.42. The van der Waals surface area contributed by atoms with E-state index in [1.165, 1.54) is 11.8 Å². The molecule has 1 rings (SSSR count). The van der Waals surface area contributed by atoms with Gasteiger partial charge in [0.1, 0.15) is 5.75 Å². The molecule has 0 aliphatic rings. The summed E-state index contributed by atoms with van der Waals surface area (Å²) in [6.07, 6.45) is 0. The van der Waals surface area contributed by atoms with E-state index >= 15 is 0 Å². The number of ether oxygens (including phenoxy) is 1. The molecule has 0 amide bonds. The maximum Gasteiger partial charge on any atom is 0.176 e. The van der Waals surface area contributed by atoms with Crippen molar-refractivity contribution in [3.63, 3.8) is 0 Å². The lowest BCUT2D eigenvalue weighted by Gasteiger charge is -2.10. The first-order valence-corrected chi connectivity index (χ1v) is 6.71. The number of hydrogen-bond acceptors (Lipinski definition) is 4. The number of aliphatic hydroxyl groups is 1. The minimum absolute atomic E-state index is 0.0411. The summed E-state index contributed by atoms with van der Waals surface area (Å²) in [5.74, 6) is 1.04. The number of aliphatic hydroxyl groups excluding tert-OH is 1. The van der Waals surface area contributed by atoms with Crippen molar-refractivity contribution < 1.29 is 14.6 Å². The highest BCUT2D eigenvalue weighted by Gasteiger charge is 2.13. The van der Waals surface area contributed by atoms with Crippen LogP contribution in [0, 0.1) is 0 Å². The number of benzene rings is 1. The number of ketones is 1. The Labute approximate surface area is 106 Å². The van der Waals surface area contributed by atoms with E-state index in [-0.39, 0.29) is 17.6 Å². The lowest BCUT2D eigenvalue weighted by molar-refractivity contribution is 0.101. The van der Waals surface area contributed by atoms with Crippen molar-refractivity contribution >= 4 is 17.5 Å². The van der Waals surface area contributed by atoms with Gasteiger partial charge in [0.05, 0.1) is 24.5 Å². The number of hydrogen-bond donors (Lipinski definition) is 1. The predicted octanol–water partition coefficient (Wildman–Crippen LogP) is 2.38. The summed E-state index contributed by atoms with van der Waals surface area (Å²) < 4.78 is 5.41. The second-order valence-electron chi connectivity index (χ2n) is 3.66. The zero-order valence-corrected chi connectivity index (χ0v) is 11.0. The fourth-order valence-electron chi connectivity index (χ4n) is 1.33. The third-order valence-corrected chi connectivity index (χ3v) is 3.39. The van der Waals surface area contributed by atoms with E-state index < -0.39 is 0 Å². The quantitative estimate of drug-likeness (QED) is 0.759. The van der Waals surface area contributed by atoms with Crippen molar-refractivity contribution in [1.82, 2.24) is 0 Å². The normalized spacial score (nSPS) is 12.2. The summed E-state index contributed by atoms with van der Waals surface area (Å²) in [5, 5.41) is 8.98. The summed E-state index contributed by atoms with van der Waals surface area (Å²) in [4.78, 5) is 12.0. The van der Waals surface area contributed by atoms with Gasteiger partial charge < -0.3 is 9.84 Å². The Kier molecular flexibility index (Phi) is 6.08. The van der Waals surface area contributed by atoms with Gasteiger partial charge in [0.25, 0.3) is 0 Å². The highest BCUT2D eigenvalue weighted by Crippen LogP contribution is 2.21. The van der Waals surface area contributed by atoms with Crippen LogP contribution >= 0.6 is 11.8 Å². The van der Waals surface area contributed by atoms with Crippen LogP contribution in [0.1, 0.15) is 24.2 Å². The van der Waals surface area contributed by atoms with Gasteiger partial charge in [0, 0.05) is 5.25 Å². The molecule has 0 aliphatic carbocycles. The maximum atomic E-state index is 12.0. The number of Topliss-reactive ketones (excluding diaryl/α,β-unsaturated/α-hetero) is 1. The molecule has 1 N–H and O–H groups in total. The minimum Gasteiger partial charge on any atom is -0.493 e. The molecule has 0 fully saturated rings. The van der Waals surface area contributed by atoms with E-state index in [4.69, 9.17) is 9.84 Å². The molecule has 0 aliphatic heterocycles. The Hall–Kier alpha value is -1.00. The van der Waals surface area contributed by atoms with E-state index in [1.807, 2.05) is 26.0 Å². The van der Waals surface area contributed by atoms with Gasteiger partial charge in [-0.15, -0.1) is 11.8 Å². The van der Waals surface area contributed by atoms with Gasteiger partial charge in [-0.05, 0) is 19.1 Å². The lowest BCUT2D eigenvalue weighted by atomic mass is 10.1. The van der Waals surface area contributed by atoms with Crippen molar-refractivity contribution in [3.05, 3.63) is 29.8 Å². The van der Waals surface area contributed by atoms with Crippen LogP contribution in [0.4, 0.5) is 0 Å². The standard InChI is InChI=1S/C13H18O3S/c1-3-16-13-7-5-4-6-11(13)12(15)9-17-10(2)8-14/h4-7,10,14H,3,8-9H2,1-2H3. The average molecular weight is 254 g/mol. The van der Waals surface area contributed by atoms with Crippen LogP contribution < -0.4 is 4.74 Å². The number of para-hydroxylation sites is 1. The third kappa shape index (κ3) is 4.40. The molecule has 4 heteroatoms. The second-order valence-corrected chi connectivity index (χ2v) is 5.08. The van der Waals surface area contributed by atoms with Crippen LogP contribution in [0.2, 0.25) is 0 Å². The summed E-state index contributed by atoms with van der Waals surface area (Å²) in [7, 11) is 0. The highest BCUT2D eigenvalue weighted by atomic mass is 32.2. The molecule has 1 aromatic rings. The molecular formula is C13H18O3S. The smallest absolute Gasteiger partial charge is 0.176 e. The van der Waals surface area contributed by atoms with Gasteiger partial charge in [-0.1, -0.05) is 19.1 Å². The van der Waals surface area contributed by atoms with E-state index in [1.54, 1.807) is 12.1 Å². The van der Waals surface area contributed by atoms with Crippen LogP contribution in [0.3, 0.4) is 0 Å². The van der Waals surface area contributed by atoms with Crippen LogP contribution in [-0.2, 0) is 0 Å². The Morgan fingerprint density at radius 2 is 2.18 bits per heavy atom. The third-order valence-electron chi connectivity index (χ3n) is 2.24.